The predicted octanol–water partition coefficient (Wildman–Crippen LogP) is 2.65. The van der Waals surface area contributed by atoms with Crippen LogP contribution in [0.2, 0.25) is 5.02 Å². The summed E-state index contributed by atoms with van der Waals surface area (Å²) in [6.07, 6.45) is 0. The van der Waals surface area contributed by atoms with Gasteiger partial charge in [-0.1, -0.05) is 18.5 Å². The van der Waals surface area contributed by atoms with E-state index in [1.165, 1.54) is 0 Å². The van der Waals surface area contributed by atoms with Crippen LogP contribution < -0.4 is 10.6 Å². The highest BCUT2D eigenvalue weighted by atomic mass is 127. The topological polar surface area (TPSA) is 70.6 Å². The van der Waals surface area contributed by atoms with E-state index < -0.39 is 9.84 Å². The number of aliphatic imine (C=N–C) groups is 1. The number of thioether (sulfide) groups is 1. The fraction of sp³-hybridized carbons (Fsp3) is 0.500. The minimum absolute atomic E-state index is 0. The van der Waals surface area contributed by atoms with Crippen LogP contribution in [0.5, 0.6) is 0 Å². The van der Waals surface area contributed by atoms with Crippen LogP contribution in [-0.4, -0.2) is 51.8 Å². The standard InChI is InChI=1S/C14H22ClN3O2S2.HI/c1-3-22(19,20)11-9-18-14(16-2)17-8-10-21-13-6-4-12(15)5-7-13;/h4-7H,3,8-11H2,1-2H3,(H2,16,17,18);1H. The highest BCUT2D eigenvalue weighted by Gasteiger charge is 2.07. The van der Waals surface area contributed by atoms with Crippen molar-refractivity contribution in [2.24, 2.45) is 4.99 Å². The molecule has 2 N–H and O–H groups in total. The Bertz CT molecular complexity index is 580. The zero-order chi connectivity index (χ0) is 16.4. The molecule has 23 heavy (non-hydrogen) atoms. The number of benzene rings is 1. The van der Waals surface area contributed by atoms with Gasteiger partial charge >= 0.3 is 0 Å². The van der Waals surface area contributed by atoms with Crippen LogP contribution in [-0.2, 0) is 9.84 Å². The summed E-state index contributed by atoms with van der Waals surface area (Å²) in [5, 5.41) is 6.88. The van der Waals surface area contributed by atoms with Crippen LogP contribution in [0.3, 0.4) is 0 Å². The van der Waals surface area contributed by atoms with Gasteiger partial charge in [0.05, 0.1) is 5.75 Å². The van der Waals surface area contributed by atoms with E-state index in [0.29, 0.717) is 12.5 Å². The molecule has 0 saturated heterocycles. The average molecular weight is 492 g/mol. The van der Waals surface area contributed by atoms with Crippen LogP contribution in [0, 0.1) is 0 Å². The van der Waals surface area contributed by atoms with E-state index >= 15 is 0 Å². The molecule has 0 amide bonds. The largest absolute Gasteiger partial charge is 0.356 e. The zero-order valence-electron chi connectivity index (χ0n) is 13.2. The minimum Gasteiger partial charge on any atom is -0.356 e. The van der Waals surface area contributed by atoms with Gasteiger partial charge in [-0.25, -0.2) is 8.42 Å². The molecule has 0 aliphatic heterocycles. The molecule has 0 heterocycles. The Morgan fingerprint density at radius 2 is 1.83 bits per heavy atom. The van der Waals surface area contributed by atoms with E-state index in [2.05, 4.69) is 15.6 Å². The Labute approximate surface area is 165 Å². The lowest BCUT2D eigenvalue weighted by atomic mass is 10.4. The highest BCUT2D eigenvalue weighted by molar-refractivity contribution is 14.0. The van der Waals surface area contributed by atoms with Crippen molar-refractivity contribution in [3.05, 3.63) is 29.3 Å². The Morgan fingerprint density at radius 1 is 1.22 bits per heavy atom. The molecule has 0 unspecified atom stereocenters. The second-order valence-corrected chi connectivity index (χ2v) is 8.54. The van der Waals surface area contributed by atoms with Crippen LogP contribution in [0.1, 0.15) is 6.92 Å². The molecule has 1 aromatic carbocycles. The lowest BCUT2D eigenvalue weighted by molar-refractivity contribution is 0.596. The van der Waals surface area contributed by atoms with Gasteiger partial charge in [-0.15, -0.1) is 35.7 Å². The Balaban J connectivity index is 0.00000484. The Hall–Kier alpha value is -0.190. The summed E-state index contributed by atoms with van der Waals surface area (Å²) in [7, 11) is -1.29. The maximum absolute atomic E-state index is 11.4. The molecule has 0 spiro atoms. The van der Waals surface area contributed by atoms with Crippen molar-refractivity contribution < 1.29 is 8.42 Å². The molecule has 0 radical (unpaired) electrons. The van der Waals surface area contributed by atoms with Crippen LogP contribution in [0.4, 0.5) is 0 Å². The quantitative estimate of drug-likeness (QED) is 0.192. The van der Waals surface area contributed by atoms with Crippen molar-refractivity contribution >= 4 is 63.1 Å². The summed E-state index contributed by atoms with van der Waals surface area (Å²) in [6.45, 7) is 2.74. The van der Waals surface area contributed by atoms with Crippen LogP contribution in [0.25, 0.3) is 0 Å². The van der Waals surface area contributed by atoms with Crippen molar-refractivity contribution in [1.29, 1.82) is 0 Å². The fourth-order valence-electron chi connectivity index (χ4n) is 1.56. The summed E-state index contributed by atoms with van der Waals surface area (Å²) < 4.78 is 22.8. The van der Waals surface area contributed by atoms with E-state index in [0.717, 1.165) is 22.2 Å². The average Bonchev–Trinajstić information content (AvgIpc) is 2.51. The van der Waals surface area contributed by atoms with Crippen molar-refractivity contribution in [3.8, 4) is 0 Å². The normalized spacial score (nSPS) is 11.7. The third-order valence-electron chi connectivity index (χ3n) is 2.85. The Kier molecular flexibility index (Phi) is 12.1. The van der Waals surface area contributed by atoms with E-state index in [9.17, 15) is 8.42 Å². The van der Waals surface area contributed by atoms with Gasteiger partial charge in [0, 0.05) is 41.6 Å². The molecule has 5 nitrogen and oxygen atoms in total. The molecule has 9 heteroatoms. The van der Waals surface area contributed by atoms with Crippen molar-refractivity contribution in [3.63, 3.8) is 0 Å². The van der Waals surface area contributed by atoms with Gasteiger partial charge in [0.25, 0.3) is 0 Å². The molecule has 1 rings (SSSR count). The Morgan fingerprint density at radius 3 is 2.39 bits per heavy atom. The lowest BCUT2D eigenvalue weighted by Gasteiger charge is -2.11. The third-order valence-corrected chi connectivity index (χ3v) is 5.82. The zero-order valence-corrected chi connectivity index (χ0v) is 17.9. The van der Waals surface area contributed by atoms with Gasteiger partial charge in [-0.05, 0) is 24.3 Å². The SMILES string of the molecule is CCS(=O)(=O)CCNC(=NC)NCCSc1ccc(Cl)cc1.I. The summed E-state index contributed by atoms with van der Waals surface area (Å²) >= 11 is 7.55. The van der Waals surface area contributed by atoms with Gasteiger partial charge < -0.3 is 10.6 Å². The first kappa shape index (κ1) is 22.8. The van der Waals surface area contributed by atoms with Gasteiger partial charge in [0.1, 0.15) is 0 Å². The number of halogens is 2. The molecule has 132 valence electrons. The predicted molar refractivity (Wildman–Crippen MR) is 111 cm³/mol. The van der Waals surface area contributed by atoms with Crippen LogP contribution in [0.15, 0.2) is 34.2 Å². The van der Waals surface area contributed by atoms with E-state index in [-0.39, 0.29) is 35.5 Å². The van der Waals surface area contributed by atoms with Crippen molar-refractivity contribution in [1.82, 2.24) is 10.6 Å². The number of sulfone groups is 1. The first-order valence-electron chi connectivity index (χ1n) is 7.00. The highest BCUT2D eigenvalue weighted by Crippen LogP contribution is 2.19. The molecule has 0 atom stereocenters. The number of rotatable bonds is 8. The smallest absolute Gasteiger partial charge is 0.191 e. The van der Waals surface area contributed by atoms with Crippen molar-refractivity contribution in [2.45, 2.75) is 11.8 Å². The lowest BCUT2D eigenvalue weighted by Crippen LogP contribution is -2.40. The fourth-order valence-corrected chi connectivity index (χ4v) is 3.16. The third kappa shape index (κ3) is 10.3. The number of nitrogens with zero attached hydrogens (tertiary/aromatic N) is 1. The molecule has 0 bridgehead atoms. The van der Waals surface area contributed by atoms with Gasteiger partial charge in [-0.2, -0.15) is 0 Å². The maximum Gasteiger partial charge on any atom is 0.191 e. The monoisotopic (exact) mass is 491 g/mol. The molecule has 0 aromatic heterocycles. The van der Waals surface area contributed by atoms with Gasteiger partial charge in [-0.3, -0.25) is 4.99 Å². The molecule has 0 saturated carbocycles. The molecule has 0 aliphatic rings. The van der Waals surface area contributed by atoms with E-state index in [4.69, 9.17) is 11.6 Å². The molecule has 0 aliphatic carbocycles. The number of nitrogens with one attached hydrogen (secondary N) is 2. The first-order chi connectivity index (χ1) is 10.5. The number of hydrogen-bond acceptors (Lipinski definition) is 4. The second-order valence-electron chi connectivity index (χ2n) is 4.46. The summed E-state index contributed by atoms with van der Waals surface area (Å²) in [4.78, 5) is 5.22. The molecule has 0 fully saturated rings. The maximum atomic E-state index is 11.4. The first-order valence-corrected chi connectivity index (χ1v) is 10.2. The molecule has 1 aromatic rings. The van der Waals surface area contributed by atoms with E-state index in [1.807, 2.05) is 24.3 Å². The minimum atomic E-state index is -2.95. The van der Waals surface area contributed by atoms with Gasteiger partial charge in [0.2, 0.25) is 0 Å². The van der Waals surface area contributed by atoms with E-state index in [1.54, 1.807) is 25.7 Å². The van der Waals surface area contributed by atoms with Crippen LogP contribution >= 0.6 is 47.3 Å². The van der Waals surface area contributed by atoms with Crippen molar-refractivity contribution in [2.75, 3.05) is 37.4 Å². The number of guanidine groups is 1. The number of hydrogen-bond donors (Lipinski definition) is 2. The summed E-state index contributed by atoms with van der Waals surface area (Å²) in [5.41, 5.74) is 0. The molecular formula is C14H23ClIN3O2S2. The molecular weight excluding hydrogens is 469 g/mol. The second kappa shape index (κ2) is 12.2. The summed E-state index contributed by atoms with van der Waals surface area (Å²) in [5.74, 6) is 1.76. The summed E-state index contributed by atoms with van der Waals surface area (Å²) in [6, 6.07) is 7.70. The van der Waals surface area contributed by atoms with Gasteiger partial charge in [0.15, 0.2) is 15.8 Å².